The largest absolute Gasteiger partial charge is 0.485 e. The summed E-state index contributed by atoms with van der Waals surface area (Å²) in [4.78, 5) is 0. The predicted molar refractivity (Wildman–Crippen MR) is 77.9 cm³/mol. The van der Waals surface area contributed by atoms with Gasteiger partial charge < -0.3 is 14.0 Å². The Hall–Kier alpha value is -1.82. The first kappa shape index (κ1) is 13.2. The lowest BCUT2D eigenvalue weighted by Crippen LogP contribution is -2.25. The van der Waals surface area contributed by atoms with E-state index in [4.69, 9.17) is 21.7 Å². The van der Waals surface area contributed by atoms with Crippen molar-refractivity contribution in [1.82, 2.24) is 14.8 Å². The average molecular weight is 291 g/mol. The van der Waals surface area contributed by atoms with Gasteiger partial charge in [-0.05, 0) is 56.2 Å². The van der Waals surface area contributed by atoms with E-state index in [0.717, 1.165) is 23.9 Å². The van der Waals surface area contributed by atoms with Crippen LogP contribution in [0, 0.1) is 18.6 Å². The van der Waals surface area contributed by atoms with Crippen LogP contribution in [0.2, 0.25) is 0 Å². The second-order valence-corrected chi connectivity index (χ2v) is 5.32. The second-order valence-electron chi connectivity index (χ2n) is 4.93. The highest BCUT2D eigenvalue weighted by molar-refractivity contribution is 7.71. The maximum Gasteiger partial charge on any atom is 0.195 e. The van der Waals surface area contributed by atoms with Crippen molar-refractivity contribution < 1.29 is 9.47 Å². The summed E-state index contributed by atoms with van der Waals surface area (Å²) < 4.78 is 14.4. The standard InChI is InChI=1S/C14H17N3O2S/c1-4-17-13(15-16-14(17)20)12-7-18-10-5-8(2)9(3)6-11(10)19-12/h5-6,12H,4,7H2,1-3H3,(H,16,20). The molecule has 1 aliphatic rings. The van der Waals surface area contributed by atoms with Gasteiger partial charge in [0.25, 0.3) is 0 Å². The number of fused-ring (bicyclic) bond motifs is 1. The molecule has 1 N–H and O–H groups in total. The molecule has 1 unspecified atom stereocenters. The number of nitrogens with one attached hydrogen (secondary N) is 1. The highest BCUT2D eigenvalue weighted by atomic mass is 32.1. The minimum absolute atomic E-state index is 0.238. The Bertz CT molecular complexity index is 705. The Morgan fingerprint density at radius 1 is 1.35 bits per heavy atom. The molecular formula is C14H17N3O2S. The predicted octanol–water partition coefficient (Wildman–Crippen LogP) is 3.09. The van der Waals surface area contributed by atoms with E-state index in [0.29, 0.717) is 11.4 Å². The maximum atomic E-state index is 6.04. The number of aryl methyl sites for hydroxylation is 2. The van der Waals surface area contributed by atoms with Crippen LogP contribution in [0.25, 0.3) is 0 Å². The van der Waals surface area contributed by atoms with E-state index in [1.165, 1.54) is 11.1 Å². The second kappa shape index (κ2) is 4.94. The van der Waals surface area contributed by atoms with Crippen molar-refractivity contribution in [2.24, 2.45) is 0 Å². The molecule has 20 heavy (non-hydrogen) atoms. The van der Waals surface area contributed by atoms with Crippen molar-refractivity contribution in [1.29, 1.82) is 0 Å². The van der Waals surface area contributed by atoms with Gasteiger partial charge in [0.05, 0.1) is 0 Å². The van der Waals surface area contributed by atoms with E-state index in [1.54, 1.807) is 0 Å². The Kier molecular flexibility index (Phi) is 3.25. The number of rotatable bonds is 2. The van der Waals surface area contributed by atoms with Gasteiger partial charge in [-0.15, -0.1) is 0 Å². The SMILES string of the molecule is CCn1c(C2COc3cc(C)c(C)cc3O2)n[nH]c1=S. The first-order chi connectivity index (χ1) is 9.60. The van der Waals surface area contributed by atoms with Gasteiger partial charge in [0, 0.05) is 6.54 Å². The molecule has 2 aromatic rings. The van der Waals surface area contributed by atoms with Crippen LogP contribution in [-0.4, -0.2) is 21.4 Å². The number of aromatic nitrogens is 3. The zero-order valence-electron chi connectivity index (χ0n) is 11.8. The average Bonchev–Trinajstić information content (AvgIpc) is 2.80. The summed E-state index contributed by atoms with van der Waals surface area (Å²) in [5.41, 5.74) is 2.38. The molecule has 1 aromatic carbocycles. The lowest BCUT2D eigenvalue weighted by atomic mass is 10.1. The number of ether oxygens (including phenoxy) is 2. The van der Waals surface area contributed by atoms with E-state index in [-0.39, 0.29) is 6.10 Å². The molecular weight excluding hydrogens is 274 g/mol. The number of benzene rings is 1. The van der Waals surface area contributed by atoms with Gasteiger partial charge in [-0.3, -0.25) is 5.10 Å². The third kappa shape index (κ3) is 2.10. The number of hydrogen-bond donors (Lipinski definition) is 1. The Balaban J connectivity index is 1.96. The van der Waals surface area contributed by atoms with Crippen LogP contribution in [0.1, 0.15) is 30.0 Å². The molecule has 5 nitrogen and oxygen atoms in total. The van der Waals surface area contributed by atoms with Gasteiger partial charge >= 0.3 is 0 Å². The van der Waals surface area contributed by atoms with E-state index < -0.39 is 0 Å². The molecule has 3 rings (SSSR count). The molecule has 1 aliphatic heterocycles. The molecule has 0 amide bonds. The summed E-state index contributed by atoms with van der Waals surface area (Å²) in [6.07, 6.45) is -0.238. The Morgan fingerprint density at radius 2 is 2.05 bits per heavy atom. The highest BCUT2D eigenvalue weighted by Gasteiger charge is 2.27. The molecule has 0 radical (unpaired) electrons. The molecule has 0 aliphatic carbocycles. The summed E-state index contributed by atoms with van der Waals surface area (Å²) in [5.74, 6) is 2.34. The van der Waals surface area contributed by atoms with Crippen LogP contribution in [0.5, 0.6) is 11.5 Å². The minimum atomic E-state index is -0.238. The molecule has 1 atom stereocenters. The smallest absolute Gasteiger partial charge is 0.195 e. The van der Waals surface area contributed by atoms with Crippen molar-refractivity contribution in [2.45, 2.75) is 33.4 Å². The summed E-state index contributed by atoms with van der Waals surface area (Å²) in [5, 5.41) is 7.07. The van der Waals surface area contributed by atoms with Crippen LogP contribution in [-0.2, 0) is 6.54 Å². The quantitative estimate of drug-likeness (QED) is 0.864. The summed E-state index contributed by atoms with van der Waals surface area (Å²) in [7, 11) is 0. The fourth-order valence-corrected chi connectivity index (χ4v) is 2.60. The normalized spacial score (nSPS) is 17.2. The van der Waals surface area contributed by atoms with Crippen LogP contribution in [0.3, 0.4) is 0 Å². The van der Waals surface area contributed by atoms with Crippen molar-refractivity contribution in [3.8, 4) is 11.5 Å². The van der Waals surface area contributed by atoms with Gasteiger partial charge in [-0.1, -0.05) is 0 Å². The van der Waals surface area contributed by atoms with Gasteiger partial charge in [0.2, 0.25) is 0 Å². The van der Waals surface area contributed by atoms with Crippen LogP contribution in [0.15, 0.2) is 12.1 Å². The fraction of sp³-hybridized carbons (Fsp3) is 0.429. The Morgan fingerprint density at radius 3 is 2.75 bits per heavy atom. The third-order valence-electron chi connectivity index (χ3n) is 3.61. The molecule has 2 heterocycles. The van der Waals surface area contributed by atoms with Gasteiger partial charge in [-0.25, -0.2) is 0 Å². The molecule has 106 valence electrons. The van der Waals surface area contributed by atoms with Gasteiger partial charge in [0.15, 0.2) is 28.2 Å². The van der Waals surface area contributed by atoms with Crippen LogP contribution < -0.4 is 9.47 Å². The highest BCUT2D eigenvalue weighted by Crippen LogP contribution is 2.37. The zero-order chi connectivity index (χ0) is 14.3. The first-order valence-electron chi connectivity index (χ1n) is 6.66. The summed E-state index contributed by atoms with van der Waals surface area (Å²) in [6, 6.07) is 4.02. The van der Waals surface area contributed by atoms with Crippen molar-refractivity contribution in [3.05, 3.63) is 33.9 Å². The molecule has 0 spiro atoms. The minimum Gasteiger partial charge on any atom is -0.485 e. The number of hydrogen-bond acceptors (Lipinski definition) is 4. The lowest BCUT2D eigenvalue weighted by Gasteiger charge is -2.26. The molecule has 0 saturated carbocycles. The van der Waals surface area contributed by atoms with E-state index in [9.17, 15) is 0 Å². The van der Waals surface area contributed by atoms with Gasteiger partial charge in [0.1, 0.15) is 6.61 Å². The third-order valence-corrected chi connectivity index (χ3v) is 3.92. The van der Waals surface area contributed by atoms with E-state index in [1.807, 2.05) is 23.6 Å². The van der Waals surface area contributed by atoms with E-state index >= 15 is 0 Å². The first-order valence-corrected chi connectivity index (χ1v) is 7.06. The molecule has 0 bridgehead atoms. The van der Waals surface area contributed by atoms with Gasteiger partial charge in [-0.2, -0.15) is 5.10 Å². The van der Waals surface area contributed by atoms with Crippen molar-refractivity contribution >= 4 is 12.2 Å². The topological polar surface area (TPSA) is 52.1 Å². The fourth-order valence-electron chi connectivity index (χ4n) is 2.33. The lowest BCUT2D eigenvalue weighted by molar-refractivity contribution is 0.0820. The molecule has 6 heteroatoms. The number of H-pyrrole nitrogens is 1. The molecule has 0 fully saturated rings. The number of aromatic amines is 1. The number of nitrogens with zero attached hydrogens (tertiary/aromatic N) is 2. The molecule has 1 aromatic heterocycles. The van der Waals surface area contributed by atoms with Crippen LogP contribution in [0.4, 0.5) is 0 Å². The molecule has 0 saturated heterocycles. The monoisotopic (exact) mass is 291 g/mol. The van der Waals surface area contributed by atoms with Crippen molar-refractivity contribution in [2.75, 3.05) is 6.61 Å². The zero-order valence-corrected chi connectivity index (χ0v) is 12.6. The van der Waals surface area contributed by atoms with Crippen molar-refractivity contribution in [3.63, 3.8) is 0 Å². The van der Waals surface area contributed by atoms with Crippen LogP contribution >= 0.6 is 12.2 Å². The Labute approximate surface area is 122 Å². The summed E-state index contributed by atoms with van der Waals surface area (Å²) >= 11 is 5.21. The van der Waals surface area contributed by atoms with E-state index in [2.05, 4.69) is 24.0 Å². The maximum absolute atomic E-state index is 6.04. The summed E-state index contributed by atoms with van der Waals surface area (Å²) in [6.45, 7) is 7.34.